The number of benzene rings is 1. The second-order valence-corrected chi connectivity index (χ2v) is 7.57. The molecule has 0 spiro atoms. The summed E-state index contributed by atoms with van der Waals surface area (Å²) in [6, 6.07) is 7.24. The van der Waals surface area contributed by atoms with Crippen LogP contribution in [0.4, 0.5) is 0 Å². The summed E-state index contributed by atoms with van der Waals surface area (Å²) in [5.41, 5.74) is 1.53. The average molecular weight is 345 g/mol. The quantitative estimate of drug-likeness (QED) is 0.787. The van der Waals surface area contributed by atoms with Crippen LogP contribution in [-0.4, -0.2) is 18.5 Å². The molecule has 3 atom stereocenters. The Kier molecular flexibility index (Phi) is 7.03. The van der Waals surface area contributed by atoms with E-state index in [9.17, 15) is 9.59 Å². The monoisotopic (exact) mass is 345 g/mol. The van der Waals surface area contributed by atoms with Gasteiger partial charge >= 0.3 is 5.97 Å². The Morgan fingerprint density at radius 2 is 1.88 bits per heavy atom. The van der Waals surface area contributed by atoms with Crippen molar-refractivity contribution in [1.29, 1.82) is 0 Å². The zero-order valence-electron chi connectivity index (χ0n) is 15.9. The third kappa shape index (κ3) is 5.32. The van der Waals surface area contributed by atoms with Crippen molar-refractivity contribution >= 4 is 11.9 Å². The fraction of sp³-hybridized carbons (Fsp3) is 0.619. The normalized spacial score (nSPS) is 23.3. The predicted octanol–water partition coefficient (Wildman–Crippen LogP) is 4.19. The minimum Gasteiger partial charge on any atom is -0.462 e. The first-order valence-corrected chi connectivity index (χ1v) is 9.46. The van der Waals surface area contributed by atoms with E-state index in [1.807, 2.05) is 12.1 Å². The van der Waals surface area contributed by atoms with E-state index in [1.165, 1.54) is 6.42 Å². The average Bonchev–Trinajstić information content (AvgIpc) is 2.60. The standard InChI is InChI=1S/C21H31NO3/c1-5-25-21(24)17-9-7-16(8-10-17)13-22-20(23)19-12-15(4)6-11-18(19)14(2)3/h7-10,14-15,18-19H,5-6,11-13H2,1-4H3,(H,22,23)/t15-,18+,19-/m1/s1. The second-order valence-electron chi connectivity index (χ2n) is 7.57. The van der Waals surface area contributed by atoms with Crippen LogP contribution >= 0.6 is 0 Å². The zero-order valence-corrected chi connectivity index (χ0v) is 15.9. The summed E-state index contributed by atoms with van der Waals surface area (Å²) in [7, 11) is 0. The highest BCUT2D eigenvalue weighted by Crippen LogP contribution is 2.38. The fourth-order valence-corrected chi connectivity index (χ4v) is 3.80. The van der Waals surface area contributed by atoms with Crippen molar-refractivity contribution < 1.29 is 14.3 Å². The zero-order chi connectivity index (χ0) is 18.4. The van der Waals surface area contributed by atoms with E-state index in [0.29, 0.717) is 36.5 Å². The number of ether oxygens (including phenoxy) is 1. The minimum absolute atomic E-state index is 0.113. The lowest BCUT2D eigenvalue weighted by Gasteiger charge is -2.36. The number of esters is 1. The van der Waals surface area contributed by atoms with E-state index in [2.05, 4.69) is 26.1 Å². The van der Waals surface area contributed by atoms with Gasteiger partial charge in [0, 0.05) is 12.5 Å². The number of carbonyl (C=O) groups is 2. The van der Waals surface area contributed by atoms with E-state index in [4.69, 9.17) is 4.74 Å². The molecule has 1 aromatic rings. The van der Waals surface area contributed by atoms with Crippen LogP contribution in [0.3, 0.4) is 0 Å². The highest BCUT2D eigenvalue weighted by molar-refractivity contribution is 5.89. The van der Waals surface area contributed by atoms with Gasteiger partial charge in [0.1, 0.15) is 0 Å². The van der Waals surface area contributed by atoms with Gasteiger partial charge in [0.05, 0.1) is 12.2 Å². The number of amides is 1. The molecule has 1 N–H and O–H groups in total. The molecule has 4 nitrogen and oxygen atoms in total. The van der Waals surface area contributed by atoms with Crippen molar-refractivity contribution in [3.8, 4) is 0 Å². The van der Waals surface area contributed by atoms with E-state index >= 15 is 0 Å². The van der Waals surface area contributed by atoms with Crippen molar-refractivity contribution in [2.75, 3.05) is 6.61 Å². The Morgan fingerprint density at radius 3 is 2.48 bits per heavy atom. The number of rotatable bonds is 6. The molecular weight excluding hydrogens is 314 g/mol. The van der Waals surface area contributed by atoms with Crippen LogP contribution in [-0.2, 0) is 16.1 Å². The molecule has 0 radical (unpaired) electrons. The number of hydrogen-bond donors (Lipinski definition) is 1. The third-order valence-electron chi connectivity index (χ3n) is 5.29. The molecule has 0 saturated heterocycles. The molecule has 2 rings (SSSR count). The lowest BCUT2D eigenvalue weighted by Crippen LogP contribution is -2.39. The number of nitrogens with one attached hydrogen (secondary N) is 1. The SMILES string of the molecule is CCOC(=O)c1ccc(CNC(=O)[C@@H]2C[C@H](C)CC[C@H]2C(C)C)cc1. The van der Waals surface area contributed by atoms with Crippen molar-refractivity contribution in [2.24, 2.45) is 23.7 Å². The van der Waals surface area contributed by atoms with Gasteiger partial charge < -0.3 is 10.1 Å². The molecule has 0 unspecified atom stereocenters. The Balaban J connectivity index is 1.93. The molecule has 0 heterocycles. The molecule has 1 aromatic carbocycles. The van der Waals surface area contributed by atoms with Crippen LogP contribution in [0.25, 0.3) is 0 Å². The van der Waals surface area contributed by atoms with E-state index in [-0.39, 0.29) is 17.8 Å². The summed E-state index contributed by atoms with van der Waals surface area (Å²) in [5.74, 6) is 1.60. The minimum atomic E-state index is -0.311. The van der Waals surface area contributed by atoms with Gasteiger partial charge in [0.25, 0.3) is 0 Å². The molecule has 138 valence electrons. The third-order valence-corrected chi connectivity index (χ3v) is 5.29. The fourth-order valence-electron chi connectivity index (χ4n) is 3.80. The first-order valence-electron chi connectivity index (χ1n) is 9.46. The number of hydrogen-bond acceptors (Lipinski definition) is 3. The smallest absolute Gasteiger partial charge is 0.338 e. The number of carbonyl (C=O) groups excluding carboxylic acids is 2. The second kappa shape index (κ2) is 9.02. The van der Waals surface area contributed by atoms with Gasteiger partial charge in [-0.3, -0.25) is 4.79 Å². The topological polar surface area (TPSA) is 55.4 Å². The maximum absolute atomic E-state index is 12.7. The van der Waals surface area contributed by atoms with Gasteiger partial charge in [-0.2, -0.15) is 0 Å². The molecule has 0 aromatic heterocycles. The summed E-state index contributed by atoms with van der Waals surface area (Å²) in [4.78, 5) is 24.4. The molecule has 0 bridgehead atoms. The highest BCUT2D eigenvalue weighted by Gasteiger charge is 2.35. The predicted molar refractivity (Wildman–Crippen MR) is 99.1 cm³/mol. The van der Waals surface area contributed by atoms with Gasteiger partial charge in [-0.25, -0.2) is 4.79 Å². The molecule has 1 aliphatic carbocycles. The van der Waals surface area contributed by atoms with Crippen LogP contribution in [0.5, 0.6) is 0 Å². The van der Waals surface area contributed by atoms with Crippen molar-refractivity contribution in [2.45, 2.75) is 53.5 Å². The summed E-state index contributed by atoms with van der Waals surface area (Å²) in [6.07, 6.45) is 3.35. The maximum atomic E-state index is 12.7. The van der Waals surface area contributed by atoms with E-state index < -0.39 is 0 Å². The Hall–Kier alpha value is -1.84. The van der Waals surface area contributed by atoms with Gasteiger partial charge in [0.2, 0.25) is 5.91 Å². The molecular formula is C21H31NO3. The Bertz CT molecular complexity index is 579. The first kappa shape index (κ1) is 19.5. The van der Waals surface area contributed by atoms with Gasteiger partial charge in [-0.05, 0) is 55.2 Å². The van der Waals surface area contributed by atoms with Crippen molar-refractivity contribution in [3.05, 3.63) is 35.4 Å². The first-order chi connectivity index (χ1) is 11.9. The largest absolute Gasteiger partial charge is 0.462 e. The van der Waals surface area contributed by atoms with Crippen LogP contribution < -0.4 is 5.32 Å². The van der Waals surface area contributed by atoms with E-state index in [0.717, 1.165) is 18.4 Å². The van der Waals surface area contributed by atoms with E-state index in [1.54, 1.807) is 19.1 Å². The summed E-state index contributed by atoms with van der Waals surface area (Å²) in [5, 5.41) is 3.09. The molecule has 1 amide bonds. The summed E-state index contributed by atoms with van der Waals surface area (Å²) in [6.45, 7) is 9.33. The Labute approximate surface area is 151 Å². The molecule has 25 heavy (non-hydrogen) atoms. The van der Waals surface area contributed by atoms with Crippen LogP contribution in [0, 0.1) is 23.7 Å². The maximum Gasteiger partial charge on any atom is 0.338 e. The van der Waals surface area contributed by atoms with Gasteiger partial charge in [-0.1, -0.05) is 39.3 Å². The van der Waals surface area contributed by atoms with Crippen molar-refractivity contribution in [3.63, 3.8) is 0 Å². The lowest BCUT2D eigenvalue weighted by molar-refractivity contribution is -0.129. The van der Waals surface area contributed by atoms with Crippen LogP contribution in [0.1, 0.15) is 62.9 Å². The van der Waals surface area contributed by atoms with Gasteiger partial charge in [0.15, 0.2) is 0 Å². The van der Waals surface area contributed by atoms with Crippen LogP contribution in [0.2, 0.25) is 0 Å². The lowest BCUT2D eigenvalue weighted by atomic mass is 9.70. The van der Waals surface area contributed by atoms with Gasteiger partial charge in [-0.15, -0.1) is 0 Å². The Morgan fingerprint density at radius 1 is 1.20 bits per heavy atom. The highest BCUT2D eigenvalue weighted by atomic mass is 16.5. The summed E-state index contributed by atoms with van der Waals surface area (Å²) < 4.78 is 4.98. The van der Waals surface area contributed by atoms with Crippen LogP contribution in [0.15, 0.2) is 24.3 Å². The molecule has 0 aliphatic heterocycles. The molecule has 4 heteroatoms. The van der Waals surface area contributed by atoms with Crippen molar-refractivity contribution in [1.82, 2.24) is 5.32 Å². The summed E-state index contributed by atoms with van der Waals surface area (Å²) >= 11 is 0. The molecule has 1 fully saturated rings. The molecule has 1 aliphatic rings. The molecule has 1 saturated carbocycles.